The highest BCUT2D eigenvalue weighted by Crippen LogP contribution is 2.29. The fourth-order valence-corrected chi connectivity index (χ4v) is 2.02. The van der Waals surface area contributed by atoms with Gasteiger partial charge in [0.25, 0.3) is 6.43 Å². The van der Waals surface area contributed by atoms with E-state index in [4.69, 9.17) is 17.3 Å². The first-order valence-electron chi connectivity index (χ1n) is 3.35. The van der Waals surface area contributed by atoms with Gasteiger partial charge in [0, 0.05) is 5.88 Å². The monoisotopic (exact) mass is 318 g/mol. The Hall–Kier alpha value is -0.170. The van der Waals surface area contributed by atoms with E-state index in [1.807, 2.05) is 0 Å². The number of aromatic nitrogens is 1. The van der Waals surface area contributed by atoms with Gasteiger partial charge in [-0.25, -0.2) is 13.8 Å². The Morgan fingerprint density at radius 3 is 2.69 bits per heavy atom. The lowest BCUT2D eigenvalue weighted by Gasteiger charge is -2.08. The first-order chi connectivity index (χ1) is 6.06. The molecule has 72 valence electrons. The van der Waals surface area contributed by atoms with E-state index in [9.17, 15) is 8.78 Å². The Balaban J connectivity index is 3.30. The number of nitrogen functional groups attached to an aromatic ring is 1. The topological polar surface area (TPSA) is 38.9 Å². The molecule has 2 N–H and O–H groups in total. The summed E-state index contributed by atoms with van der Waals surface area (Å²) in [6.45, 7) is 0. The quantitative estimate of drug-likeness (QED) is 0.517. The number of nitrogens with zero attached hydrogens (tertiary/aromatic N) is 1. The van der Waals surface area contributed by atoms with Gasteiger partial charge in [-0.2, -0.15) is 0 Å². The van der Waals surface area contributed by atoms with E-state index >= 15 is 0 Å². The number of pyridine rings is 1. The highest BCUT2D eigenvalue weighted by molar-refractivity contribution is 14.1. The zero-order chi connectivity index (χ0) is 10.0. The maximum absolute atomic E-state index is 12.5. The summed E-state index contributed by atoms with van der Waals surface area (Å²) in [5.74, 6) is 0.229. The van der Waals surface area contributed by atoms with Crippen LogP contribution in [0.1, 0.15) is 17.6 Å². The van der Waals surface area contributed by atoms with Gasteiger partial charge in [-0.05, 0) is 34.2 Å². The number of hydrogen-bond donors (Lipinski definition) is 1. The summed E-state index contributed by atoms with van der Waals surface area (Å²) < 4.78 is 25.1. The Labute approximate surface area is 92.6 Å². The molecule has 0 saturated carbocycles. The molecule has 0 aliphatic carbocycles. The number of halogens is 4. The minimum absolute atomic E-state index is 0.0163. The number of rotatable bonds is 2. The minimum atomic E-state index is -2.56. The molecular weight excluding hydrogens is 312 g/mol. The lowest BCUT2D eigenvalue weighted by Crippen LogP contribution is -2.02. The van der Waals surface area contributed by atoms with Gasteiger partial charge in [0.2, 0.25) is 0 Å². The van der Waals surface area contributed by atoms with Gasteiger partial charge < -0.3 is 5.73 Å². The van der Waals surface area contributed by atoms with Crippen molar-refractivity contribution in [3.63, 3.8) is 0 Å². The van der Waals surface area contributed by atoms with E-state index in [0.29, 0.717) is 5.56 Å². The van der Waals surface area contributed by atoms with Gasteiger partial charge in [0.15, 0.2) is 0 Å². The van der Waals surface area contributed by atoms with E-state index in [2.05, 4.69) is 4.98 Å². The van der Waals surface area contributed by atoms with Crippen molar-refractivity contribution in [2.45, 2.75) is 12.3 Å². The molecule has 0 amide bonds. The highest BCUT2D eigenvalue weighted by atomic mass is 127. The van der Waals surface area contributed by atoms with E-state index in [1.54, 1.807) is 22.6 Å². The van der Waals surface area contributed by atoms with Crippen LogP contribution in [0.25, 0.3) is 0 Å². The molecule has 0 radical (unpaired) electrons. The molecule has 13 heavy (non-hydrogen) atoms. The van der Waals surface area contributed by atoms with Crippen LogP contribution in [0.5, 0.6) is 0 Å². The second kappa shape index (κ2) is 4.36. The summed E-state index contributed by atoms with van der Waals surface area (Å²) in [6, 6.07) is 1.37. The molecule has 2 nitrogen and oxygen atoms in total. The number of anilines is 1. The van der Waals surface area contributed by atoms with Crippen molar-refractivity contribution in [2.24, 2.45) is 0 Å². The Morgan fingerprint density at radius 1 is 1.62 bits per heavy atom. The third-order valence-electron chi connectivity index (χ3n) is 1.48. The van der Waals surface area contributed by atoms with Crippen molar-refractivity contribution in [3.05, 3.63) is 20.9 Å². The Morgan fingerprint density at radius 2 is 2.23 bits per heavy atom. The second-order valence-electron chi connectivity index (χ2n) is 2.35. The van der Waals surface area contributed by atoms with Crippen LogP contribution in [0.15, 0.2) is 6.07 Å². The lowest BCUT2D eigenvalue weighted by molar-refractivity contribution is 0.149. The van der Waals surface area contributed by atoms with Crippen molar-refractivity contribution >= 4 is 40.0 Å². The number of nitrogens with two attached hydrogens (primary N) is 1. The molecule has 0 atom stereocenters. The van der Waals surface area contributed by atoms with Crippen LogP contribution in [0.3, 0.4) is 0 Å². The maximum atomic E-state index is 12.5. The third-order valence-corrected chi connectivity index (χ3v) is 2.59. The Bertz CT molecular complexity index is 320. The zero-order valence-electron chi connectivity index (χ0n) is 6.40. The molecule has 0 bridgehead atoms. The van der Waals surface area contributed by atoms with Crippen molar-refractivity contribution in [2.75, 3.05) is 5.73 Å². The lowest BCUT2D eigenvalue weighted by atomic mass is 10.1. The summed E-state index contributed by atoms with van der Waals surface area (Å²) >= 11 is 7.22. The van der Waals surface area contributed by atoms with Crippen LogP contribution in [-0.2, 0) is 5.88 Å². The Kier molecular flexibility index (Phi) is 3.66. The molecule has 6 heteroatoms. The summed E-state index contributed by atoms with van der Waals surface area (Å²) in [7, 11) is 0. The fourth-order valence-electron chi connectivity index (χ4n) is 0.935. The van der Waals surface area contributed by atoms with Crippen LogP contribution in [0.4, 0.5) is 14.6 Å². The molecule has 0 spiro atoms. The van der Waals surface area contributed by atoms with Crippen molar-refractivity contribution in [1.29, 1.82) is 0 Å². The molecule has 1 aromatic heterocycles. The molecule has 0 aliphatic heterocycles. The molecule has 0 saturated heterocycles. The highest BCUT2D eigenvalue weighted by Gasteiger charge is 2.17. The largest absolute Gasteiger partial charge is 0.384 e. The zero-order valence-corrected chi connectivity index (χ0v) is 9.31. The van der Waals surface area contributed by atoms with Gasteiger partial charge in [-0.3, -0.25) is 0 Å². The van der Waals surface area contributed by atoms with Crippen molar-refractivity contribution < 1.29 is 8.78 Å². The van der Waals surface area contributed by atoms with Gasteiger partial charge in [0.1, 0.15) is 9.52 Å². The summed E-state index contributed by atoms with van der Waals surface area (Å²) in [4.78, 5) is 3.73. The summed E-state index contributed by atoms with van der Waals surface area (Å²) in [5, 5.41) is 0. The van der Waals surface area contributed by atoms with Crippen LogP contribution in [0.2, 0.25) is 0 Å². The van der Waals surface area contributed by atoms with Gasteiger partial charge in [0.05, 0.1) is 5.56 Å². The molecule has 0 aliphatic rings. The van der Waals surface area contributed by atoms with E-state index in [0.717, 1.165) is 0 Å². The van der Waals surface area contributed by atoms with Gasteiger partial charge in [-0.1, -0.05) is 0 Å². The van der Waals surface area contributed by atoms with E-state index in [1.165, 1.54) is 6.07 Å². The predicted molar refractivity (Wildman–Crippen MR) is 55.9 cm³/mol. The molecule has 1 rings (SSSR count). The smallest absolute Gasteiger partial charge is 0.266 e. The molecule has 0 fully saturated rings. The standard InChI is InChI=1S/C7H6ClF2IN2/c8-2-3-1-4(12)13-7(11)5(3)6(9)10/h1,6H,2H2,(H2,12,13). The molecule has 0 aromatic carbocycles. The molecular formula is C7H6ClF2IN2. The third kappa shape index (κ3) is 2.40. The number of alkyl halides is 3. The molecule has 1 heterocycles. The predicted octanol–water partition coefficient (Wildman–Crippen LogP) is 2.94. The average molecular weight is 318 g/mol. The van der Waals surface area contributed by atoms with Crippen molar-refractivity contribution in [1.82, 2.24) is 4.98 Å². The van der Waals surface area contributed by atoms with E-state index in [-0.39, 0.29) is 21.0 Å². The fraction of sp³-hybridized carbons (Fsp3) is 0.286. The maximum Gasteiger partial charge on any atom is 0.266 e. The van der Waals surface area contributed by atoms with Crippen LogP contribution in [0, 0.1) is 3.70 Å². The van der Waals surface area contributed by atoms with E-state index < -0.39 is 6.43 Å². The molecule has 1 aromatic rings. The molecule has 0 unspecified atom stereocenters. The van der Waals surface area contributed by atoms with Crippen LogP contribution in [-0.4, -0.2) is 4.98 Å². The van der Waals surface area contributed by atoms with Gasteiger partial charge >= 0.3 is 0 Å². The first-order valence-corrected chi connectivity index (χ1v) is 4.96. The SMILES string of the molecule is Nc1cc(CCl)c(C(F)F)c(I)n1. The van der Waals surface area contributed by atoms with Crippen molar-refractivity contribution in [3.8, 4) is 0 Å². The normalized spacial score (nSPS) is 10.8. The number of hydrogen-bond acceptors (Lipinski definition) is 2. The van der Waals surface area contributed by atoms with Crippen LogP contribution < -0.4 is 5.73 Å². The summed E-state index contributed by atoms with van der Waals surface area (Å²) in [6.07, 6.45) is -2.56. The average Bonchev–Trinajstić information content (AvgIpc) is 2.01. The minimum Gasteiger partial charge on any atom is -0.384 e. The van der Waals surface area contributed by atoms with Crippen LogP contribution >= 0.6 is 34.2 Å². The summed E-state index contributed by atoms with van der Waals surface area (Å²) in [5.41, 5.74) is 5.61. The second-order valence-corrected chi connectivity index (χ2v) is 3.63. The van der Waals surface area contributed by atoms with Gasteiger partial charge in [-0.15, -0.1) is 11.6 Å². The first kappa shape index (κ1) is 10.9.